The molecule has 2 aliphatic rings. The lowest BCUT2D eigenvalue weighted by atomic mass is 10.1. The predicted octanol–water partition coefficient (Wildman–Crippen LogP) is 1.57. The van der Waals surface area contributed by atoms with Crippen molar-refractivity contribution in [1.82, 2.24) is 10.2 Å². The highest BCUT2D eigenvalue weighted by Crippen LogP contribution is 2.33. The number of carbonyl (C=O) groups excluding carboxylic acids is 3. The molecule has 2 aromatic rings. The second kappa shape index (κ2) is 7.10. The summed E-state index contributed by atoms with van der Waals surface area (Å²) in [5, 5.41) is 14.4. The molecule has 144 valence electrons. The number of amides is 4. The molecule has 9 heteroatoms. The van der Waals surface area contributed by atoms with Gasteiger partial charge in [0.15, 0.2) is 11.5 Å². The number of phenolic OH excluding ortho intramolecular Hbond substituents is 1. The Bertz CT molecular complexity index is 943. The summed E-state index contributed by atoms with van der Waals surface area (Å²) in [6, 6.07) is 9.65. The van der Waals surface area contributed by atoms with Crippen LogP contribution in [0, 0.1) is 0 Å². The molecule has 9 nitrogen and oxygen atoms in total. The van der Waals surface area contributed by atoms with Crippen molar-refractivity contribution in [2.45, 2.75) is 19.0 Å². The number of nitrogens with zero attached hydrogens (tertiary/aromatic N) is 1. The second-order valence-corrected chi connectivity index (χ2v) is 6.41. The van der Waals surface area contributed by atoms with Gasteiger partial charge in [0.25, 0.3) is 5.91 Å². The van der Waals surface area contributed by atoms with Crippen LogP contribution in [0.25, 0.3) is 0 Å². The summed E-state index contributed by atoms with van der Waals surface area (Å²) in [5.41, 5.74) is 1.19. The van der Waals surface area contributed by atoms with Crippen LogP contribution >= 0.6 is 0 Å². The fourth-order valence-corrected chi connectivity index (χ4v) is 3.03. The summed E-state index contributed by atoms with van der Waals surface area (Å²) in [5.74, 6) is 0.368. The van der Waals surface area contributed by atoms with Gasteiger partial charge in [0.05, 0.1) is 13.0 Å². The van der Waals surface area contributed by atoms with Crippen molar-refractivity contribution in [1.29, 1.82) is 0 Å². The normalized spacial score (nSPS) is 17.6. The van der Waals surface area contributed by atoms with Crippen LogP contribution in [0.2, 0.25) is 0 Å². The van der Waals surface area contributed by atoms with Crippen molar-refractivity contribution >= 4 is 23.5 Å². The average Bonchev–Trinajstić information content (AvgIpc) is 3.23. The fourth-order valence-electron chi connectivity index (χ4n) is 3.03. The minimum Gasteiger partial charge on any atom is -0.508 e. The Kier molecular flexibility index (Phi) is 4.48. The van der Waals surface area contributed by atoms with E-state index in [1.54, 1.807) is 18.2 Å². The van der Waals surface area contributed by atoms with Crippen molar-refractivity contribution in [2.75, 3.05) is 12.1 Å². The Balaban J connectivity index is 1.38. The number of rotatable bonds is 5. The van der Waals surface area contributed by atoms with Gasteiger partial charge in [0, 0.05) is 5.69 Å². The lowest BCUT2D eigenvalue weighted by Gasteiger charge is -2.13. The Labute approximate surface area is 159 Å². The summed E-state index contributed by atoms with van der Waals surface area (Å²) >= 11 is 0. The number of ether oxygens (including phenoxy) is 2. The molecule has 2 aliphatic heterocycles. The summed E-state index contributed by atoms with van der Waals surface area (Å²) in [4.78, 5) is 38.0. The minimum atomic E-state index is -0.932. The van der Waals surface area contributed by atoms with Crippen LogP contribution in [0.5, 0.6) is 17.2 Å². The van der Waals surface area contributed by atoms with Gasteiger partial charge >= 0.3 is 6.03 Å². The van der Waals surface area contributed by atoms with Gasteiger partial charge < -0.3 is 25.2 Å². The van der Waals surface area contributed by atoms with Crippen LogP contribution < -0.4 is 20.1 Å². The predicted molar refractivity (Wildman–Crippen MR) is 96.8 cm³/mol. The van der Waals surface area contributed by atoms with Crippen molar-refractivity contribution in [3.05, 3.63) is 48.0 Å². The van der Waals surface area contributed by atoms with Gasteiger partial charge in [-0.15, -0.1) is 0 Å². The fraction of sp³-hybridized carbons (Fsp3) is 0.211. The van der Waals surface area contributed by atoms with E-state index in [0.717, 1.165) is 4.90 Å². The van der Waals surface area contributed by atoms with Crippen molar-refractivity contribution < 1.29 is 29.0 Å². The van der Waals surface area contributed by atoms with E-state index >= 15 is 0 Å². The zero-order valence-electron chi connectivity index (χ0n) is 14.7. The van der Waals surface area contributed by atoms with Crippen LogP contribution in [-0.4, -0.2) is 40.7 Å². The molecule has 1 fully saturated rings. The number of hydrogen-bond acceptors (Lipinski definition) is 6. The van der Waals surface area contributed by atoms with Crippen LogP contribution in [0.3, 0.4) is 0 Å². The van der Waals surface area contributed by atoms with E-state index in [1.165, 1.54) is 24.3 Å². The maximum absolute atomic E-state index is 12.6. The number of urea groups is 1. The van der Waals surface area contributed by atoms with E-state index in [0.29, 0.717) is 22.7 Å². The molecule has 1 saturated heterocycles. The van der Waals surface area contributed by atoms with E-state index < -0.39 is 23.9 Å². The number of hydrogen-bond donors (Lipinski definition) is 3. The van der Waals surface area contributed by atoms with Crippen molar-refractivity contribution in [2.24, 2.45) is 0 Å². The molecule has 28 heavy (non-hydrogen) atoms. The standard InChI is InChI=1S/C19H17N3O6/c23-13-4-2-12(3-5-13)20-17(24)8-14-18(25)22(19(26)21-14)9-11-1-6-15-16(7-11)28-10-27-15/h1-7,14,23H,8-10H2,(H,20,24)(H,21,26)/t14-/m0/s1. The molecule has 0 bridgehead atoms. The van der Waals surface area contributed by atoms with Gasteiger partial charge in [-0.2, -0.15) is 0 Å². The quantitative estimate of drug-likeness (QED) is 0.533. The third kappa shape index (κ3) is 3.54. The number of anilines is 1. The molecule has 2 heterocycles. The number of benzene rings is 2. The highest BCUT2D eigenvalue weighted by atomic mass is 16.7. The van der Waals surface area contributed by atoms with E-state index in [1.807, 2.05) is 0 Å². The summed E-state index contributed by atoms with van der Waals surface area (Å²) < 4.78 is 10.5. The van der Waals surface area contributed by atoms with Gasteiger partial charge in [-0.3, -0.25) is 14.5 Å². The lowest BCUT2D eigenvalue weighted by Crippen LogP contribution is -2.34. The first-order valence-electron chi connectivity index (χ1n) is 8.59. The van der Waals surface area contributed by atoms with Crippen LogP contribution in [0.1, 0.15) is 12.0 Å². The third-order valence-corrected chi connectivity index (χ3v) is 4.43. The zero-order chi connectivity index (χ0) is 19.7. The van der Waals surface area contributed by atoms with Gasteiger partial charge in [0.2, 0.25) is 12.7 Å². The molecule has 0 unspecified atom stereocenters. The van der Waals surface area contributed by atoms with Crippen molar-refractivity contribution in [3.8, 4) is 17.2 Å². The zero-order valence-corrected chi connectivity index (χ0v) is 14.7. The molecule has 0 aromatic heterocycles. The molecular weight excluding hydrogens is 366 g/mol. The lowest BCUT2D eigenvalue weighted by molar-refractivity contribution is -0.130. The Hall–Kier alpha value is -3.75. The number of phenols is 1. The number of carbonyl (C=O) groups is 3. The maximum Gasteiger partial charge on any atom is 0.325 e. The minimum absolute atomic E-state index is 0.0669. The monoisotopic (exact) mass is 383 g/mol. The van der Waals surface area contributed by atoms with Gasteiger partial charge in [-0.1, -0.05) is 6.07 Å². The largest absolute Gasteiger partial charge is 0.508 e. The number of aromatic hydroxyl groups is 1. The molecule has 0 spiro atoms. The maximum atomic E-state index is 12.6. The van der Waals surface area contributed by atoms with E-state index in [2.05, 4.69) is 10.6 Å². The molecule has 4 rings (SSSR count). The smallest absolute Gasteiger partial charge is 0.325 e. The molecule has 0 radical (unpaired) electrons. The molecule has 2 aromatic carbocycles. The summed E-state index contributed by atoms with van der Waals surface area (Å²) in [6.45, 7) is 0.206. The Morgan fingerprint density at radius 3 is 2.68 bits per heavy atom. The van der Waals surface area contributed by atoms with Crippen molar-refractivity contribution in [3.63, 3.8) is 0 Å². The molecule has 0 saturated carbocycles. The van der Waals surface area contributed by atoms with E-state index in [4.69, 9.17) is 9.47 Å². The number of imide groups is 1. The summed E-state index contributed by atoms with van der Waals surface area (Å²) in [7, 11) is 0. The number of nitrogens with one attached hydrogen (secondary N) is 2. The summed E-state index contributed by atoms with van der Waals surface area (Å²) in [6.07, 6.45) is -0.191. The van der Waals surface area contributed by atoms with Gasteiger partial charge in [0.1, 0.15) is 11.8 Å². The molecule has 1 atom stereocenters. The topological polar surface area (TPSA) is 117 Å². The van der Waals surface area contributed by atoms with Gasteiger partial charge in [-0.05, 0) is 42.0 Å². The molecule has 0 aliphatic carbocycles. The second-order valence-electron chi connectivity index (χ2n) is 6.41. The van der Waals surface area contributed by atoms with E-state index in [9.17, 15) is 19.5 Å². The van der Waals surface area contributed by atoms with Gasteiger partial charge in [-0.25, -0.2) is 4.79 Å². The van der Waals surface area contributed by atoms with Crippen LogP contribution in [0.4, 0.5) is 10.5 Å². The Morgan fingerprint density at radius 1 is 1.14 bits per heavy atom. The Morgan fingerprint density at radius 2 is 1.89 bits per heavy atom. The van der Waals surface area contributed by atoms with E-state index in [-0.39, 0.29) is 25.5 Å². The highest BCUT2D eigenvalue weighted by Gasteiger charge is 2.39. The average molecular weight is 383 g/mol. The highest BCUT2D eigenvalue weighted by molar-refractivity contribution is 6.06. The third-order valence-electron chi connectivity index (χ3n) is 4.43. The van der Waals surface area contributed by atoms with Crippen LogP contribution in [-0.2, 0) is 16.1 Å². The molecule has 4 amide bonds. The SMILES string of the molecule is O=C(C[C@@H]1NC(=O)N(Cc2ccc3c(c2)OCO3)C1=O)Nc1ccc(O)cc1. The number of fused-ring (bicyclic) bond motifs is 1. The first-order valence-corrected chi connectivity index (χ1v) is 8.59. The first kappa shape index (κ1) is 17.7. The molecule has 3 N–H and O–H groups in total. The van der Waals surface area contributed by atoms with Crippen LogP contribution in [0.15, 0.2) is 42.5 Å². The first-order chi connectivity index (χ1) is 13.5. The molecular formula is C19H17N3O6.